The summed E-state index contributed by atoms with van der Waals surface area (Å²) in [5, 5.41) is 4.08. The maximum atomic E-state index is 13.0. The van der Waals surface area contributed by atoms with Crippen LogP contribution in [0.15, 0.2) is 59.5 Å². The van der Waals surface area contributed by atoms with Crippen LogP contribution in [-0.4, -0.2) is 37.4 Å². The van der Waals surface area contributed by atoms with Gasteiger partial charge in [0.2, 0.25) is 10.0 Å². The Morgan fingerprint density at radius 2 is 1.80 bits per heavy atom. The van der Waals surface area contributed by atoms with Crippen molar-refractivity contribution in [1.82, 2.24) is 9.29 Å². The van der Waals surface area contributed by atoms with E-state index in [2.05, 4.69) is 17.2 Å². The number of rotatable bonds is 6. The Hall–Kier alpha value is -2.64. The van der Waals surface area contributed by atoms with Gasteiger partial charge in [0.1, 0.15) is 11.6 Å². The highest BCUT2D eigenvalue weighted by Gasteiger charge is 2.28. The van der Waals surface area contributed by atoms with E-state index in [1.807, 2.05) is 43.3 Å². The summed E-state index contributed by atoms with van der Waals surface area (Å²) in [4.78, 5) is 4.96. The molecule has 30 heavy (non-hydrogen) atoms. The lowest BCUT2D eigenvalue weighted by Gasteiger charge is -2.29. The van der Waals surface area contributed by atoms with E-state index in [1.165, 1.54) is 0 Å². The molecule has 3 aromatic rings. The highest BCUT2D eigenvalue weighted by Crippen LogP contribution is 2.27. The number of hydrogen-bond donors (Lipinski definition) is 1. The van der Waals surface area contributed by atoms with Crippen LogP contribution in [0.1, 0.15) is 26.7 Å². The van der Waals surface area contributed by atoms with Crippen molar-refractivity contribution < 1.29 is 13.2 Å². The van der Waals surface area contributed by atoms with Crippen molar-refractivity contribution in [1.29, 1.82) is 0 Å². The maximum Gasteiger partial charge on any atom is 0.243 e. The van der Waals surface area contributed by atoms with Crippen LogP contribution in [0, 0.1) is 5.92 Å². The van der Waals surface area contributed by atoms with Crippen molar-refractivity contribution in [2.45, 2.75) is 31.6 Å². The molecule has 2 heterocycles. The van der Waals surface area contributed by atoms with E-state index in [1.54, 1.807) is 22.5 Å². The Kier molecular flexibility index (Phi) is 5.92. The van der Waals surface area contributed by atoms with Gasteiger partial charge in [-0.2, -0.15) is 4.31 Å². The molecule has 1 N–H and O–H groups in total. The molecule has 1 fully saturated rings. The van der Waals surface area contributed by atoms with Crippen LogP contribution in [0.2, 0.25) is 0 Å². The van der Waals surface area contributed by atoms with E-state index in [0.717, 1.165) is 35.2 Å². The molecule has 1 aliphatic heterocycles. The number of fused-ring (bicyclic) bond motifs is 1. The molecule has 0 spiro atoms. The van der Waals surface area contributed by atoms with Gasteiger partial charge in [0.15, 0.2) is 0 Å². The van der Waals surface area contributed by atoms with Gasteiger partial charge in [-0.1, -0.05) is 6.92 Å². The Labute approximate surface area is 177 Å². The molecule has 0 saturated carbocycles. The molecular formula is C23H27N3O3S. The van der Waals surface area contributed by atoms with Crippen LogP contribution in [0.3, 0.4) is 0 Å². The number of nitrogens with zero attached hydrogens (tertiary/aromatic N) is 2. The Morgan fingerprint density at radius 1 is 1.07 bits per heavy atom. The smallest absolute Gasteiger partial charge is 0.243 e. The molecule has 0 amide bonds. The predicted octanol–water partition coefficient (Wildman–Crippen LogP) is 4.80. The highest BCUT2D eigenvalue weighted by atomic mass is 32.2. The fourth-order valence-electron chi connectivity index (χ4n) is 3.66. The molecule has 0 unspecified atom stereocenters. The van der Waals surface area contributed by atoms with Gasteiger partial charge in [0.05, 0.1) is 17.0 Å². The van der Waals surface area contributed by atoms with Crippen molar-refractivity contribution >= 4 is 32.4 Å². The monoisotopic (exact) mass is 425 g/mol. The molecule has 0 atom stereocenters. The van der Waals surface area contributed by atoms with E-state index in [9.17, 15) is 8.42 Å². The van der Waals surface area contributed by atoms with Crippen LogP contribution in [-0.2, 0) is 10.0 Å². The van der Waals surface area contributed by atoms with E-state index >= 15 is 0 Å². The summed E-state index contributed by atoms with van der Waals surface area (Å²) >= 11 is 0. The van der Waals surface area contributed by atoms with Crippen LogP contribution in [0.25, 0.3) is 10.9 Å². The number of hydrogen-bond acceptors (Lipinski definition) is 5. The van der Waals surface area contributed by atoms with E-state index in [4.69, 9.17) is 4.74 Å². The lowest BCUT2D eigenvalue weighted by molar-refractivity contribution is 0.288. The summed E-state index contributed by atoms with van der Waals surface area (Å²) in [5.74, 6) is 2.11. The summed E-state index contributed by atoms with van der Waals surface area (Å²) in [6.07, 6.45) is 1.82. The van der Waals surface area contributed by atoms with Crippen molar-refractivity contribution in [3.05, 3.63) is 54.6 Å². The van der Waals surface area contributed by atoms with Gasteiger partial charge >= 0.3 is 0 Å². The fraction of sp³-hybridized carbons (Fsp3) is 0.348. The SMILES string of the molecule is CCOc1ccc(Nc2ccc3cc(S(=O)(=O)N4CCC(C)CC4)ccc3n2)cc1. The summed E-state index contributed by atoms with van der Waals surface area (Å²) < 4.78 is 33.1. The van der Waals surface area contributed by atoms with Gasteiger partial charge in [-0.15, -0.1) is 0 Å². The summed E-state index contributed by atoms with van der Waals surface area (Å²) in [6, 6.07) is 16.6. The summed E-state index contributed by atoms with van der Waals surface area (Å²) in [7, 11) is -3.47. The van der Waals surface area contributed by atoms with Crippen molar-refractivity contribution in [2.24, 2.45) is 5.92 Å². The number of piperidine rings is 1. The lowest BCUT2D eigenvalue weighted by atomic mass is 10.0. The first-order chi connectivity index (χ1) is 14.5. The molecule has 1 saturated heterocycles. The lowest BCUT2D eigenvalue weighted by Crippen LogP contribution is -2.37. The van der Waals surface area contributed by atoms with E-state index in [0.29, 0.717) is 36.3 Å². The Bertz CT molecular complexity index is 1120. The molecule has 7 heteroatoms. The molecule has 158 valence electrons. The number of benzene rings is 2. The molecular weight excluding hydrogens is 398 g/mol. The predicted molar refractivity (Wildman–Crippen MR) is 120 cm³/mol. The number of sulfonamides is 1. The first-order valence-electron chi connectivity index (χ1n) is 10.4. The molecule has 0 aliphatic carbocycles. The standard InChI is InChI=1S/C23H27N3O3S/c1-3-29-20-7-5-19(6-8-20)24-23-11-4-18-16-21(9-10-22(18)25-23)30(27,28)26-14-12-17(2)13-15-26/h4-11,16-17H,3,12-15H2,1-2H3,(H,24,25). The second kappa shape index (κ2) is 8.62. The third-order valence-corrected chi connectivity index (χ3v) is 7.37. The molecule has 0 bridgehead atoms. The summed E-state index contributed by atoms with van der Waals surface area (Å²) in [5.41, 5.74) is 1.65. The fourth-order valence-corrected chi connectivity index (χ4v) is 5.16. The number of aromatic nitrogens is 1. The molecule has 1 aliphatic rings. The third-order valence-electron chi connectivity index (χ3n) is 5.48. The van der Waals surface area contributed by atoms with Crippen molar-refractivity contribution in [2.75, 3.05) is 25.0 Å². The number of ether oxygens (including phenoxy) is 1. The zero-order valence-electron chi connectivity index (χ0n) is 17.3. The highest BCUT2D eigenvalue weighted by molar-refractivity contribution is 7.89. The zero-order valence-corrected chi connectivity index (χ0v) is 18.2. The Morgan fingerprint density at radius 3 is 2.50 bits per heavy atom. The average molecular weight is 426 g/mol. The molecule has 6 nitrogen and oxygen atoms in total. The van der Waals surface area contributed by atoms with Crippen LogP contribution >= 0.6 is 0 Å². The quantitative estimate of drug-likeness (QED) is 0.614. The van der Waals surface area contributed by atoms with Gasteiger partial charge in [-0.05, 0) is 80.3 Å². The normalized spacial score (nSPS) is 15.9. The minimum Gasteiger partial charge on any atom is -0.494 e. The Balaban J connectivity index is 1.53. The largest absolute Gasteiger partial charge is 0.494 e. The molecule has 0 radical (unpaired) electrons. The number of pyridine rings is 1. The van der Waals surface area contributed by atoms with Crippen LogP contribution in [0.5, 0.6) is 5.75 Å². The van der Waals surface area contributed by atoms with E-state index in [-0.39, 0.29) is 0 Å². The number of anilines is 2. The first kappa shape index (κ1) is 20.6. The van der Waals surface area contributed by atoms with Gasteiger partial charge in [0.25, 0.3) is 0 Å². The first-order valence-corrected chi connectivity index (χ1v) is 11.8. The second-order valence-electron chi connectivity index (χ2n) is 7.72. The third kappa shape index (κ3) is 4.42. The molecule has 1 aromatic heterocycles. The van der Waals surface area contributed by atoms with Crippen molar-refractivity contribution in [3.63, 3.8) is 0 Å². The second-order valence-corrected chi connectivity index (χ2v) is 9.66. The average Bonchev–Trinajstić information content (AvgIpc) is 2.75. The molecule has 2 aromatic carbocycles. The topological polar surface area (TPSA) is 71.5 Å². The summed E-state index contributed by atoms with van der Waals surface area (Å²) in [6.45, 7) is 5.93. The molecule has 4 rings (SSSR count). The zero-order chi connectivity index (χ0) is 21.1. The van der Waals surface area contributed by atoms with Crippen molar-refractivity contribution in [3.8, 4) is 5.75 Å². The minimum atomic E-state index is -3.47. The number of nitrogens with one attached hydrogen (secondary N) is 1. The minimum absolute atomic E-state index is 0.332. The maximum absolute atomic E-state index is 13.0. The van der Waals surface area contributed by atoms with Gasteiger partial charge in [-0.3, -0.25) is 0 Å². The van der Waals surface area contributed by atoms with Gasteiger partial charge < -0.3 is 10.1 Å². The van der Waals surface area contributed by atoms with Crippen LogP contribution in [0.4, 0.5) is 11.5 Å². The van der Waals surface area contributed by atoms with E-state index < -0.39 is 10.0 Å². The van der Waals surface area contributed by atoms with Crippen LogP contribution < -0.4 is 10.1 Å². The van der Waals surface area contributed by atoms with Gasteiger partial charge in [0, 0.05) is 24.2 Å². The van der Waals surface area contributed by atoms with Gasteiger partial charge in [-0.25, -0.2) is 13.4 Å².